The number of halogens is 2. The summed E-state index contributed by atoms with van der Waals surface area (Å²) >= 11 is 0. The number of amides is 1. The van der Waals surface area contributed by atoms with Gasteiger partial charge in [-0.05, 0) is 24.3 Å². The third-order valence-electron chi connectivity index (χ3n) is 2.97. The molecule has 0 unspecified atom stereocenters. The molecule has 0 aliphatic heterocycles. The number of aliphatic hydroxyl groups excluding tert-OH is 1. The van der Waals surface area contributed by atoms with E-state index in [1.807, 2.05) is 0 Å². The SMILES string of the molecule is Cn1cccc1[C@H](O)CNC(=O)c1c(F)cccc1F. The summed E-state index contributed by atoms with van der Waals surface area (Å²) in [5.74, 6) is -2.76. The van der Waals surface area contributed by atoms with Crippen molar-refractivity contribution in [3.8, 4) is 0 Å². The number of aliphatic hydroxyl groups is 1. The molecule has 1 aromatic carbocycles. The van der Waals surface area contributed by atoms with Crippen molar-refractivity contribution in [2.45, 2.75) is 6.10 Å². The van der Waals surface area contributed by atoms with Crippen LogP contribution in [-0.2, 0) is 7.05 Å². The molecule has 2 rings (SSSR count). The maximum Gasteiger partial charge on any atom is 0.257 e. The van der Waals surface area contributed by atoms with Gasteiger partial charge in [0.2, 0.25) is 0 Å². The lowest BCUT2D eigenvalue weighted by molar-refractivity contribution is 0.0904. The highest BCUT2D eigenvalue weighted by atomic mass is 19.1. The number of nitrogens with one attached hydrogen (secondary N) is 1. The summed E-state index contributed by atoms with van der Waals surface area (Å²) in [6, 6.07) is 6.63. The number of aryl methyl sites for hydroxylation is 1. The van der Waals surface area contributed by atoms with Crippen molar-refractivity contribution < 1.29 is 18.7 Å². The zero-order chi connectivity index (χ0) is 14.7. The number of carbonyl (C=O) groups is 1. The summed E-state index contributed by atoms with van der Waals surface area (Å²) in [4.78, 5) is 11.7. The molecule has 0 radical (unpaired) electrons. The first-order chi connectivity index (χ1) is 9.50. The van der Waals surface area contributed by atoms with Crippen molar-refractivity contribution in [1.29, 1.82) is 0 Å². The van der Waals surface area contributed by atoms with Gasteiger partial charge < -0.3 is 15.0 Å². The molecule has 1 aromatic heterocycles. The summed E-state index contributed by atoms with van der Waals surface area (Å²) in [7, 11) is 1.75. The molecule has 0 saturated heterocycles. The summed E-state index contributed by atoms with van der Waals surface area (Å²) in [5, 5.41) is 12.2. The van der Waals surface area contributed by atoms with Crippen LogP contribution in [0.5, 0.6) is 0 Å². The molecule has 2 N–H and O–H groups in total. The second kappa shape index (κ2) is 5.83. The molecule has 1 heterocycles. The minimum atomic E-state index is -0.950. The molecule has 1 atom stereocenters. The topological polar surface area (TPSA) is 54.3 Å². The van der Waals surface area contributed by atoms with Gasteiger partial charge in [0.15, 0.2) is 0 Å². The van der Waals surface area contributed by atoms with Crippen LogP contribution in [0.1, 0.15) is 22.2 Å². The third-order valence-corrected chi connectivity index (χ3v) is 2.97. The van der Waals surface area contributed by atoms with Crippen LogP contribution in [0.3, 0.4) is 0 Å². The van der Waals surface area contributed by atoms with Crippen molar-refractivity contribution in [2.24, 2.45) is 7.05 Å². The van der Waals surface area contributed by atoms with Crippen molar-refractivity contribution in [1.82, 2.24) is 9.88 Å². The fourth-order valence-electron chi connectivity index (χ4n) is 1.92. The molecule has 0 saturated carbocycles. The predicted molar refractivity (Wildman–Crippen MR) is 69.1 cm³/mol. The average molecular weight is 280 g/mol. The van der Waals surface area contributed by atoms with E-state index < -0.39 is 29.2 Å². The Morgan fingerprint density at radius 3 is 2.50 bits per heavy atom. The van der Waals surface area contributed by atoms with Crippen LogP contribution in [0.15, 0.2) is 36.5 Å². The molecule has 2 aromatic rings. The number of carbonyl (C=O) groups excluding carboxylic acids is 1. The molecule has 20 heavy (non-hydrogen) atoms. The largest absolute Gasteiger partial charge is 0.385 e. The predicted octanol–water partition coefficient (Wildman–Crippen LogP) is 1.77. The molecule has 4 nitrogen and oxygen atoms in total. The van der Waals surface area contributed by atoms with Gasteiger partial charge in [-0.15, -0.1) is 0 Å². The molecule has 106 valence electrons. The van der Waals surface area contributed by atoms with Gasteiger partial charge in [-0.1, -0.05) is 6.07 Å². The summed E-state index contributed by atoms with van der Waals surface area (Å²) in [6.45, 7) is -0.134. The van der Waals surface area contributed by atoms with Gasteiger partial charge in [0, 0.05) is 25.5 Å². The van der Waals surface area contributed by atoms with Crippen molar-refractivity contribution in [3.63, 3.8) is 0 Å². The van der Waals surface area contributed by atoms with Crippen LogP contribution in [0.2, 0.25) is 0 Å². The number of hydrogen-bond donors (Lipinski definition) is 2. The minimum absolute atomic E-state index is 0.134. The van der Waals surface area contributed by atoms with Crippen LogP contribution < -0.4 is 5.32 Å². The van der Waals surface area contributed by atoms with Gasteiger partial charge in [0.1, 0.15) is 23.3 Å². The number of hydrogen-bond acceptors (Lipinski definition) is 2. The summed E-state index contributed by atoms with van der Waals surface area (Å²) < 4.78 is 28.5. The van der Waals surface area contributed by atoms with Gasteiger partial charge in [-0.25, -0.2) is 8.78 Å². The fourth-order valence-corrected chi connectivity index (χ4v) is 1.92. The number of aromatic nitrogens is 1. The van der Waals surface area contributed by atoms with Crippen LogP contribution in [-0.4, -0.2) is 22.1 Å². The zero-order valence-electron chi connectivity index (χ0n) is 10.8. The van der Waals surface area contributed by atoms with Gasteiger partial charge in [0.05, 0.1) is 0 Å². The maximum absolute atomic E-state index is 13.4. The molecule has 6 heteroatoms. The molecular formula is C14H14F2N2O2. The van der Waals surface area contributed by atoms with Gasteiger partial charge in [-0.3, -0.25) is 4.79 Å². The van der Waals surface area contributed by atoms with E-state index in [2.05, 4.69) is 5.32 Å². The van der Waals surface area contributed by atoms with E-state index in [4.69, 9.17) is 0 Å². The first kappa shape index (κ1) is 14.2. The first-order valence-corrected chi connectivity index (χ1v) is 6.02. The lowest BCUT2D eigenvalue weighted by Gasteiger charge is -2.13. The molecule has 0 fully saturated rings. The van der Waals surface area contributed by atoms with E-state index >= 15 is 0 Å². The van der Waals surface area contributed by atoms with E-state index in [1.54, 1.807) is 29.9 Å². The van der Waals surface area contributed by atoms with Crippen LogP contribution >= 0.6 is 0 Å². The molecule has 0 bridgehead atoms. The lowest BCUT2D eigenvalue weighted by Crippen LogP contribution is -2.30. The van der Waals surface area contributed by atoms with Crippen LogP contribution in [0.4, 0.5) is 8.78 Å². The third kappa shape index (κ3) is 2.85. The standard InChI is InChI=1S/C14H14F2N2O2/c1-18-7-3-6-11(18)12(19)8-17-14(20)13-9(15)4-2-5-10(13)16/h2-7,12,19H,8H2,1H3,(H,17,20)/t12-/m1/s1. The fraction of sp³-hybridized carbons (Fsp3) is 0.214. The first-order valence-electron chi connectivity index (χ1n) is 6.02. The maximum atomic E-state index is 13.4. The minimum Gasteiger partial charge on any atom is -0.385 e. The molecule has 0 spiro atoms. The Morgan fingerprint density at radius 2 is 1.95 bits per heavy atom. The molecule has 1 amide bonds. The smallest absolute Gasteiger partial charge is 0.257 e. The summed E-state index contributed by atoms with van der Waals surface area (Å²) in [6.07, 6.45) is 0.797. The van der Waals surface area contributed by atoms with E-state index in [9.17, 15) is 18.7 Å². The zero-order valence-corrected chi connectivity index (χ0v) is 10.8. The number of benzene rings is 1. The van der Waals surface area contributed by atoms with E-state index in [1.165, 1.54) is 6.07 Å². The Morgan fingerprint density at radius 1 is 1.30 bits per heavy atom. The lowest BCUT2D eigenvalue weighted by atomic mass is 10.1. The van der Waals surface area contributed by atoms with Crippen LogP contribution in [0.25, 0.3) is 0 Å². The van der Waals surface area contributed by atoms with Crippen molar-refractivity contribution in [3.05, 3.63) is 59.4 Å². The van der Waals surface area contributed by atoms with Crippen molar-refractivity contribution >= 4 is 5.91 Å². The Hall–Kier alpha value is -2.21. The quantitative estimate of drug-likeness (QED) is 0.896. The Bertz CT molecular complexity index is 605. The van der Waals surface area contributed by atoms with Crippen LogP contribution in [0, 0.1) is 11.6 Å². The van der Waals surface area contributed by atoms with Gasteiger partial charge in [0.25, 0.3) is 5.91 Å². The molecule has 0 aliphatic rings. The second-order valence-electron chi connectivity index (χ2n) is 4.37. The Labute approximate surface area is 114 Å². The van der Waals surface area contributed by atoms with Crippen molar-refractivity contribution in [2.75, 3.05) is 6.54 Å². The Kier molecular flexibility index (Phi) is 4.14. The highest BCUT2D eigenvalue weighted by Crippen LogP contribution is 2.14. The van der Waals surface area contributed by atoms with E-state index in [0.29, 0.717) is 5.69 Å². The normalized spacial score (nSPS) is 12.2. The van der Waals surface area contributed by atoms with Gasteiger partial charge in [-0.2, -0.15) is 0 Å². The molecular weight excluding hydrogens is 266 g/mol. The highest BCUT2D eigenvalue weighted by molar-refractivity contribution is 5.94. The number of nitrogens with zero attached hydrogens (tertiary/aromatic N) is 1. The number of rotatable bonds is 4. The second-order valence-corrected chi connectivity index (χ2v) is 4.37. The van der Waals surface area contributed by atoms with E-state index in [0.717, 1.165) is 12.1 Å². The average Bonchev–Trinajstić information content (AvgIpc) is 2.82. The monoisotopic (exact) mass is 280 g/mol. The van der Waals surface area contributed by atoms with E-state index in [-0.39, 0.29) is 6.54 Å². The molecule has 0 aliphatic carbocycles. The van der Waals surface area contributed by atoms with Gasteiger partial charge >= 0.3 is 0 Å². The Balaban J connectivity index is 2.04. The highest BCUT2D eigenvalue weighted by Gasteiger charge is 2.18. The summed E-state index contributed by atoms with van der Waals surface area (Å²) in [5.41, 5.74) is -0.0501.